The Balaban J connectivity index is 0.00000240. The van der Waals surface area contributed by atoms with Crippen LogP contribution in [-0.4, -0.2) is 78.4 Å². The number of aliphatic imine (C=N–C) groups is 1. The number of morpholine rings is 1. The summed E-state index contributed by atoms with van der Waals surface area (Å²) in [7, 11) is 0. The molecule has 0 amide bonds. The second kappa shape index (κ2) is 10.9. The van der Waals surface area contributed by atoms with E-state index in [1.807, 2.05) is 0 Å². The molecule has 1 aromatic carbocycles. The van der Waals surface area contributed by atoms with Crippen LogP contribution in [-0.2, 0) is 11.3 Å². The molecule has 1 aromatic rings. The van der Waals surface area contributed by atoms with Gasteiger partial charge in [-0.2, -0.15) is 0 Å². The lowest BCUT2D eigenvalue weighted by molar-refractivity contribution is -0.0502. The van der Waals surface area contributed by atoms with Gasteiger partial charge in [0.1, 0.15) is 0 Å². The summed E-state index contributed by atoms with van der Waals surface area (Å²) >= 11 is 0. The van der Waals surface area contributed by atoms with Crippen LogP contribution in [0.5, 0.6) is 0 Å². The van der Waals surface area contributed by atoms with E-state index in [-0.39, 0.29) is 36.2 Å². The molecule has 29 heavy (non-hydrogen) atoms. The maximum absolute atomic E-state index is 10.1. The van der Waals surface area contributed by atoms with Crippen LogP contribution < -0.4 is 5.32 Å². The van der Waals surface area contributed by atoms with E-state index in [1.54, 1.807) is 0 Å². The molecule has 1 saturated carbocycles. The van der Waals surface area contributed by atoms with Crippen molar-refractivity contribution in [3.63, 3.8) is 0 Å². The van der Waals surface area contributed by atoms with Crippen molar-refractivity contribution in [2.24, 2.45) is 10.9 Å². The Labute approximate surface area is 191 Å². The molecule has 0 bridgehead atoms. The predicted octanol–water partition coefficient (Wildman–Crippen LogP) is 2.32. The van der Waals surface area contributed by atoms with Crippen LogP contribution >= 0.6 is 24.0 Å². The van der Waals surface area contributed by atoms with E-state index < -0.39 is 0 Å². The highest BCUT2D eigenvalue weighted by Crippen LogP contribution is 2.27. The number of benzene rings is 1. The zero-order chi connectivity index (χ0) is 19.3. The Kier molecular flexibility index (Phi) is 8.58. The van der Waals surface area contributed by atoms with Gasteiger partial charge in [-0.25, -0.2) is 0 Å². The molecule has 2 aliphatic heterocycles. The molecule has 2 saturated heterocycles. The smallest absolute Gasteiger partial charge is 0.194 e. The average molecular weight is 514 g/mol. The lowest BCUT2D eigenvalue weighted by Crippen LogP contribution is -2.50. The van der Waals surface area contributed by atoms with Crippen molar-refractivity contribution in [3.8, 4) is 0 Å². The highest BCUT2D eigenvalue weighted by molar-refractivity contribution is 14.0. The number of ether oxygens (including phenoxy) is 1. The Morgan fingerprint density at radius 3 is 2.79 bits per heavy atom. The van der Waals surface area contributed by atoms with Gasteiger partial charge in [0.2, 0.25) is 0 Å². The molecule has 3 aliphatic rings. The predicted molar refractivity (Wildman–Crippen MR) is 127 cm³/mol. The summed E-state index contributed by atoms with van der Waals surface area (Å²) in [6.07, 6.45) is 3.18. The van der Waals surface area contributed by atoms with Gasteiger partial charge in [0.25, 0.3) is 0 Å². The first-order valence-corrected chi connectivity index (χ1v) is 10.9. The molecule has 4 unspecified atom stereocenters. The second-order valence-electron chi connectivity index (χ2n) is 8.29. The molecular formula is C22H35IN4O2. The van der Waals surface area contributed by atoms with Gasteiger partial charge in [-0.05, 0) is 25.3 Å². The Morgan fingerprint density at radius 2 is 2.07 bits per heavy atom. The van der Waals surface area contributed by atoms with E-state index in [0.717, 1.165) is 64.6 Å². The maximum atomic E-state index is 10.1. The van der Waals surface area contributed by atoms with Gasteiger partial charge in [-0.1, -0.05) is 36.8 Å². The fraction of sp³-hybridized carbons (Fsp3) is 0.682. The third kappa shape index (κ3) is 5.62. The summed E-state index contributed by atoms with van der Waals surface area (Å²) in [5.41, 5.74) is 1.36. The van der Waals surface area contributed by atoms with Crippen LogP contribution in [0.15, 0.2) is 35.3 Å². The summed E-state index contributed by atoms with van der Waals surface area (Å²) in [4.78, 5) is 9.81. The van der Waals surface area contributed by atoms with Crippen LogP contribution in [0.3, 0.4) is 0 Å². The van der Waals surface area contributed by atoms with Gasteiger partial charge >= 0.3 is 0 Å². The quantitative estimate of drug-likeness (QED) is 0.359. The topological polar surface area (TPSA) is 60.3 Å². The van der Waals surface area contributed by atoms with Gasteiger partial charge < -0.3 is 20.1 Å². The molecule has 7 heteroatoms. The maximum Gasteiger partial charge on any atom is 0.194 e. The molecule has 0 aromatic heterocycles. The van der Waals surface area contributed by atoms with E-state index >= 15 is 0 Å². The molecule has 1 aliphatic carbocycles. The van der Waals surface area contributed by atoms with Gasteiger partial charge in [-0.15, -0.1) is 24.0 Å². The molecule has 0 spiro atoms. The Morgan fingerprint density at radius 1 is 1.24 bits per heavy atom. The number of fused-ring (bicyclic) bond motifs is 1. The first-order valence-electron chi connectivity index (χ1n) is 10.9. The van der Waals surface area contributed by atoms with E-state index in [4.69, 9.17) is 9.73 Å². The van der Waals surface area contributed by atoms with Crippen molar-refractivity contribution in [2.75, 3.05) is 39.3 Å². The van der Waals surface area contributed by atoms with Crippen molar-refractivity contribution >= 4 is 29.9 Å². The van der Waals surface area contributed by atoms with Crippen molar-refractivity contribution in [2.45, 2.75) is 51.0 Å². The fourth-order valence-corrected chi connectivity index (χ4v) is 4.81. The molecule has 3 fully saturated rings. The number of likely N-dealkylation sites (tertiary alicyclic amines) is 1. The third-order valence-corrected chi connectivity index (χ3v) is 6.37. The summed E-state index contributed by atoms with van der Waals surface area (Å²) in [5, 5.41) is 13.6. The number of rotatable bonds is 5. The molecular weight excluding hydrogens is 479 g/mol. The number of aliphatic hydroxyl groups excluding tert-OH is 1. The molecule has 4 atom stereocenters. The molecule has 2 heterocycles. The summed E-state index contributed by atoms with van der Waals surface area (Å²) in [6.45, 7) is 8.25. The van der Waals surface area contributed by atoms with E-state index in [9.17, 15) is 5.11 Å². The van der Waals surface area contributed by atoms with Crippen molar-refractivity contribution in [1.29, 1.82) is 0 Å². The number of aliphatic hydroxyl groups is 1. The van der Waals surface area contributed by atoms with E-state index in [0.29, 0.717) is 18.5 Å². The molecule has 4 rings (SSSR count). The van der Waals surface area contributed by atoms with E-state index in [1.165, 1.54) is 5.56 Å². The number of guanidine groups is 1. The number of hydrogen-bond acceptors (Lipinski definition) is 4. The first kappa shape index (κ1) is 22.8. The van der Waals surface area contributed by atoms with Gasteiger partial charge in [0, 0.05) is 45.2 Å². The minimum atomic E-state index is -0.183. The number of nitrogens with one attached hydrogen (secondary N) is 1. The van der Waals surface area contributed by atoms with Crippen molar-refractivity contribution < 1.29 is 9.84 Å². The lowest BCUT2D eigenvalue weighted by Gasteiger charge is -2.36. The first-order chi connectivity index (χ1) is 13.7. The zero-order valence-electron chi connectivity index (χ0n) is 17.4. The number of nitrogens with zero attached hydrogens (tertiary/aromatic N) is 3. The summed E-state index contributed by atoms with van der Waals surface area (Å²) in [5.74, 6) is 1.28. The van der Waals surface area contributed by atoms with Crippen LogP contribution in [0.4, 0.5) is 0 Å². The average Bonchev–Trinajstić information content (AvgIpc) is 3.33. The molecule has 0 radical (unpaired) electrons. The Hall–Kier alpha value is -0.900. The largest absolute Gasteiger partial charge is 0.393 e. The number of hydrogen-bond donors (Lipinski definition) is 2. The highest BCUT2D eigenvalue weighted by atomic mass is 127. The summed E-state index contributed by atoms with van der Waals surface area (Å²) < 4.78 is 6.12. The second-order valence-corrected chi connectivity index (χ2v) is 8.29. The summed E-state index contributed by atoms with van der Waals surface area (Å²) in [6, 6.07) is 11.1. The SMILES string of the molecule is CCNC(=NCC1CCCC1O)N1CC2OCCN(Cc3ccccc3)C2C1.I. The van der Waals surface area contributed by atoms with Crippen molar-refractivity contribution in [1.82, 2.24) is 15.1 Å². The van der Waals surface area contributed by atoms with Crippen LogP contribution in [0.25, 0.3) is 0 Å². The minimum Gasteiger partial charge on any atom is -0.393 e. The van der Waals surface area contributed by atoms with Crippen LogP contribution in [0.1, 0.15) is 31.7 Å². The third-order valence-electron chi connectivity index (χ3n) is 6.37. The molecule has 6 nitrogen and oxygen atoms in total. The minimum absolute atomic E-state index is 0. The zero-order valence-corrected chi connectivity index (χ0v) is 19.7. The van der Waals surface area contributed by atoms with E-state index in [2.05, 4.69) is 52.4 Å². The Bertz CT molecular complexity index is 659. The lowest BCUT2D eigenvalue weighted by atomic mass is 10.1. The van der Waals surface area contributed by atoms with Gasteiger partial charge in [0.15, 0.2) is 5.96 Å². The van der Waals surface area contributed by atoms with Crippen molar-refractivity contribution in [3.05, 3.63) is 35.9 Å². The van der Waals surface area contributed by atoms with Crippen LogP contribution in [0.2, 0.25) is 0 Å². The van der Waals surface area contributed by atoms with Gasteiger partial charge in [-0.3, -0.25) is 9.89 Å². The van der Waals surface area contributed by atoms with Crippen LogP contribution in [0, 0.1) is 5.92 Å². The normalized spacial score (nSPS) is 30.1. The molecule has 162 valence electrons. The van der Waals surface area contributed by atoms with Gasteiger partial charge in [0.05, 0.1) is 24.9 Å². The standard InChI is InChI=1S/C22H34N4O2.HI/c1-2-23-22(24-13-18-9-6-10-20(18)27)26-15-19-21(16-26)28-12-11-25(19)14-17-7-4-3-5-8-17;/h3-5,7-8,18-21,27H,2,6,9-16H2,1H3,(H,23,24);1H. The molecule has 2 N–H and O–H groups in total. The number of halogens is 1. The monoisotopic (exact) mass is 514 g/mol. The highest BCUT2D eigenvalue weighted by Gasteiger charge is 2.41. The fourth-order valence-electron chi connectivity index (χ4n) is 4.81.